The number of benzene rings is 2. The molecule has 18 heteroatoms. The summed E-state index contributed by atoms with van der Waals surface area (Å²) >= 11 is 0. The molecular weight excluding hydrogens is 710 g/mol. The topological polar surface area (TPSA) is 287 Å². The molecule has 290 valence electrons. The van der Waals surface area contributed by atoms with Gasteiger partial charge in [-0.25, -0.2) is 19.6 Å². The highest BCUT2D eigenvalue weighted by Gasteiger charge is 2.21. The minimum Gasteiger partial charge on any atom is -0.445 e. The van der Waals surface area contributed by atoms with Crippen LogP contribution in [0.5, 0.6) is 0 Å². The van der Waals surface area contributed by atoms with Gasteiger partial charge in [0.15, 0.2) is 0 Å². The number of aromatic nitrogens is 1. The predicted octanol–water partition coefficient (Wildman–Crippen LogP) is 1.89. The van der Waals surface area contributed by atoms with Crippen molar-refractivity contribution in [3.8, 4) is 0 Å². The highest BCUT2D eigenvalue weighted by molar-refractivity contribution is 6.07. The molecule has 0 spiro atoms. The fraction of sp³-hybridized carbons (Fsp3) is 0.297. The summed E-state index contributed by atoms with van der Waals surface area (Å²) in [4.78, 5) is 82.3. The summed E-state index contributed by atoms with van der Waals surface area (Å²) in [5.74, 6) is -1.13. The van der Waals surface area contributed by atoms with Crippen molar-refractivity contribution in [2.75, 3.05) is 30.3 Å². The van der Waals surface area contributed by atoms with Gasteiger partial charge in [0.1, 0.15) is 24.3 Å². The number of nitrogens with one attached hydrogen (secondary N) is 6. The lowest BCUT2D eigenvalue weighted by molar-refractivity contribution is -0.125. The van der Waals surface area contributed by atoms with Crippen LogP contribution in [0.4, 0.5) is 26.8 Å². The van der Waals surface area contributed by atoms with E-state index in [-0.39, 0.29) is 56.6 Å². The van der Waals surface area contributed by atoms with E-state index in [4.69, 9.17) is 21.9 Å². The van der Waals surface area contributed by atoms with Crippen LogP contribution in [0, 0.1) is 0 Å². The number of hydrogen-bond donors (Lipinski definition) is 9. The molecule has 2 heterocycles. The van der Waals surface area contributed by atoms with Crippen molar-refractivity contribution in [2.24, 2.45) is 22.2 Å². The van der Waals surface area contributed by atoms with Crippen LogP contribution in [0.1, 0.15) is 59.7 Å². The molecule has 0 saturated carbocycles. The lowest BCUT2D eigenvalue weighted by Gasteiger charge is -2.18. The normalized spacial score (nSPS) is 12.3. The number of hydrogen-bond acceptors (Lipinski definition) is 11. The number of nitrogens with zero attached hydrogens (tertiary/aromatic N) is 2. The summed E-state index contributed by atoms with van der Waals surface area (Å²) in [5.41, 5.74) is 20.1. The maximum atomic E-state index is 13.1. The van der Waals surface area contributed by atoms with Crippen LogP contribution in [0.25, 0.3) is 6.08 Å². The Kier molecular flexibility index (Phi) is 15.2. The molecule has 3 aromatic rings. The van der Waals surface area contributed by atoms with Gasteiger partial charge in [-0.3, -0.25) is 19.2 Å². The molecule has 1 aliphatic heterocycles. The van der Waals surface area contributed by atoms with Crippen molar-refractivity contribution in [1.29, 1.82) is 0 Å². The Balaban J connectivity index is 1.25. The summed E-state index contributed by atoms with van der Waals surface area (Å²) in [6.07, 6.45) is 4.12. The van der Waals surface area contributed by atoms with E-state index >= 15 is 0 Å². The lowest BCUT2D eigenvalue weighted by Crippen LogP contribution is -2.46. The van der Waals surface area contributed by atoms with Crippen LogP contribution < -0.4 is 49.1 Å². The summed E-state index contributed by atoms with van der Waals surface area (Å²) in [7, 11) is 0. The number of alkyl carbamates (subject to hydrolysis) is 1. The number of carbonyl (C=O) groups excluding carboxylic acids is 6. The Labute approximate surface area is 317 Å². The van der Waals surface area contributed by atoms with Crippen LogP contribution in [-0.4, -0.2) is 72.2 Å². The van der Waals surface area contributed by atoms with Gasteiger partial charge in [-0.2, -0.15) is 0 Å². The number of nitrogens with two attached hydrogens (primary N) is 3. The van der Waals surface area contributed by atoms with Gasteiger partial charge in [-0.05, 0) is 72.9 Å². The zero-order valence-electron chi connectivity index (χ0n) is 30.3. The molecule has 1 atom stereocenters. The zero-order chi connectivity index (χ0) is 39.7. The quantitative estimate of drug-likeness (QED) is 0.0902. The standard InChI is InChI=1S/C37H45N11O7/c1-2-12-42-33(50)26-16-24-7-8-25(17-29(24)46-30(39)18-26)34(51)48-31-15-23(11-14-41-31)20-44-37(54)55-21-22-5-9-27(10-6-22)45-35(52)28(47-32(49)19-38)4-3-13-43-36(40)53/h5-11,14-17,28H,2-4,12-13,18-21,38H2,1H3,(H2,39,46)(H,42,50)(H,44,54)(H,45,52)(H,47,49)(H3,40,43,53)(H,41,48,51)/t28-/m0/s1. The van der Waals surface area contributed by atoms with Crippen LogP contribution in [0.3, 0.4) is 0 Å². The van der Waals surface area contributed by atoms with Gasteiger partial charge in [0.2, 0.25) is 17.7 Å². The van der Waals surface area contributed by atoms with Crippen LogP contribution in [0.2, 0.25) is 0 Å². The SMILES string of the molecule is CCCNC(=O)C1=Cc2ccc(C(=O)Nc3cc(CNC(=O)OCc4ccc(NC(=O)[C@H](CCCNC(N)=O)NC(=O)CN)cc4)ccn3)cc2N=C(N)C1. The fourth-order valence-corrected chi connectivity index (χ4v) is 5.20. The smallest absolute Gasteiger partial charge is 0.407 e. The molecule has 18 nitrogen and oxygen atoms in total. The van der Waals surface area contributed by atoms with Gasteiger partial charge in [-0.1, -0.05) is 25.1 Å². The molecule has 0 fully saturated rings. The molecule has 0 saturated heterocycles. The molecule has 2 aromatic carbocycles. The first-order chi connectivity index (χ1) is 26.4. The van der Waals surface area contributed by atoms with Gasteiger partial charge in [0.05, 0.1) is 12.2 Å². The van der Waals surface area contributed by atoms with Crippen LogP contribution in [-0.2, 0) is 32.3 Å². The zero-order valence-corrected chi connectivity index (χ0v) is 30.3. The Morgan fingerprint density at radius 2 is 1.67 bits per heavy atom. The predicted molar refractivity (Wildman–Crippen MR) is 206 cm³/mol. The molecule has 0 bridgehead atoms. The molecule has 12 N–H and O–H groups in total. The third-order valence-corrected chi connectivity index (χ3v) is 7.99. The van der Waals surface area contributed by atoms with Crippen molar-refractivity contribution in [3.63, 3.8) is 0 Å². The minimum absolute atomic E-state index is 0.0562. The van der Waals surface area contributed by atoms with Crippen molar-refractivity contribution >= 4 is 64.9 Å². The number of pyridine rings is 1. The number of amidine groups is 1. The number of ether oxygens (including phenoxy) is 1. The second-order valence-corrected chi connectivity index (χ2v) is 12.4. The number of primary amides is 1. The number of carbonyl (C=O) groups is 6. The van der Waals surface area contributed by atoms with Gasteiger partial charge in [0.25, 0.3) is 5.91 Å². The van der Waals surface area contributed by atoms with E-state index in [1.807, 2.05) is 6.92 Å². The van der Waals surface area contributed by atoms with Gasteiger partial charge in [0, 0.05) is 54.6 Å². The third-order valence-electron chi connectivity index (χ3n) is 7.99. The van der Waals surface area contributed by atoms with E-state index in [9.17, 15) is 28.8 Å². The molecular formula is C37H45N11O7. The third kappa shape index (κ3) is 13.3. The first kappa shape index (κ1) is 40.9. The van der Waals surface area contributed by atoms with Crippen LogP contribution >= 0.6 is 0 Å². The van der Waals surface area contributed by atoms with Gasteiger partial charge < -0.3 is 53.8 Å². The maximum absolute atomic E-state index is 13.1. The van der Waals surface area contributed by atoms with E-state index < -0.39 is 35.9 Å². The summed E-state index contributed by atoms with van der Waals surface area (Å²) < 4.78 is 5.32. The molecule has 4 rings (SSSR count). The van der Waals surface area contributed by atoms with E-state index in [0.29, 0.717) is 52.2 Å². The van der Waals surface area contributed by atoms with E-state index in [2.05, 4.69) is 41.9 Å². The Hall–Kier alpha value is -6.82. The molecule has 55 heavy (non-hydrogen) atoms. The first-order valence-electron chi connectivity index (χ1n) is 17.5. The number of urea groups is 1. The summed E-state index contributed by atoms with van der Waals surface area (Å²) in [6.45, 7) is 2.47. The average molecular weight is 756 g/mol. The van der Waals surface area contributed by atoms with Crippen molar-refractivity contribution in [1.82, 2.24) is 26.3 Å². The minimum atomic E-state index is -0.890. The number of fused-ring (bicyclic) bond motifs is 1. The summed E-state index contributed by atoms with van der Waals surface area (Å²) in [6, 6.07) is 13.2. The highest BCUT2D eigenvalue weighted by atomic mass is 16.5. The summed E-state index contributed by atoms with van der Waals surface area (Å²) in [5, 5.41) is 15.9. The van der Waals surface area contributed by atoms with Crippen LogP contribution in [0.15, 0.2) is 71.4 Å². The second-order valence-electron chi connectivity index (χ2n) is 12.4. The lowest BCUT2D eigenvalue weighted by atomic mass is 10.0. The van der Waals surface area contributed by atoms with E-state index in [1.54, 1.807) is 60.7 Å². The number of anilines is 2. The number of aliphatic imine (C=N–C) groups is 1. The largest absolute Gasteiger partial charge is 0.445 e. The number of rotatable bonds is 17. The Morgan fingerprint density at radius 3 is 2.40 bits per heavy atom. The van der Waals surface area contributed by atoms with Crippen molar-refractivity contribution in [2.45, 2.75) is 51.8 Å². The van der Waals surface area contributed by atoms with Gasteiger partial charge in [-0.15, -0.1) is 0 Å². The Bertz CT molecular complexity index is 1950. The molecule has 1 aliphatic rings. The van der Waals surface area contributed by atoms with E-state index in [1.165, 1.54) is 6.20 Å². The molecule has 0 aliphatic carbocycles. The molecule has 0 radical (unpaired) electrons. The first-order valence-corrected chi connectivity index (χ1v) is 17.5. The molecule has 1 aromatic heterocycles. The average Bonchev–Trinajstić information content (AvgIpc) is 3.34. The maximum Gasteiger partial charge on any atom is 0.407 e. The Morgan fingerprint density at radius 1 is 0.891 bits per heavy atom. The number of amides is 7. The van der Waals surface area contributed by atoms with E-state index in [0.717, 1.165) is 6.42 Å². The fourth-order valence-electron chi connectivity index (χ4n) is 5.20. The molecule has 7 amide bonds. The highest BCUT2D eigenvalue weighted by Crippen LogP contribution is 2.28. The van der Waals surface area contributed by atoms with Gasteiger partial charge >= 0.3 is 12.1 Å². The second kappa shape index (κ2) is 20.4. The monoisotopic (exact) mass is 755 g/mol. The van der Waals surface area contributed by atoms with Crippen molar-refractivity contribution in [3.05, 3.63) is 88.6 Å². The molecule has 0 unspecified atom stereocenters. The van der Waals surface area contributed by atoms with Crippen molar-refractivity contribution < 1.29 is 33.5 Å².